The van der Waals surface area contributed by atoms with E-state index in [1.807, 2.05) is 49.4 Å². The number of thiazole rings is 1. The van der Waals surface area contributed by atoms with Gasteiger partial charge in [0.1, 0.15) is 16.5 Å². The lowest BCUT2D eigenvalue weighted by atomic mass is 10.2. The van der Waals surface area contributed by atoms with Crippen LogP contribution in [0.5, 0.6) is 0 Å². The van der Waals surface area contributed by atoms with Crippen molar-refractivity contribution in [2.75, 3.05) is 0 Å². The molecule has 0 bridgehead atoms. The number of halogens is 1. The third-order valence-corrected chi connectivity index (χ3v) is 5.10. The molecular weight excluding hydrogens is 368 g/mol. The van der Waals surface area contributed by atoms with Crippen LogP contribution in [0.2, 0.25) is 5.02 Å². The Morgan fingerprint density at radius 3 is 2.85 bits per heavy atom. The Morgan fingerprint density at radius 2 is 2.04 bits per heavy atom. The summed E-state index contributed by atoms with van der Waals surface area (Å²) in [5, 5.41) is 6.08. The number of amides is 1. The van der Waals surface area contributed by atoms with Crippen LogP contribution < -0.4 is 5.32 Å². The molecule has 1 unspecified atom stereocenters. The van der Waals surface area contributed by atoms with Gasteiger partial charge in [-0.3, -0.25) is 4.79 Å². The molecule has 0 saturated carbocycles. The third kappa shape index (κ3) is 3.34. The number of hydrogen-bond acceptors (Lipinski definition) is 4. The van der Waals surface area contributed by atoms with Crippen molar-refractivity contribution in [2.24, 2.45) is 0 Å². The average molecular weight is 383 g/mol. The number of nitrogens with zero attached hydrogens (tertiary/aromatic N) is 2. The summed E-state index contributed by atoms with van der Waals surface area (Å²) in [5.41, 5.74) is 3.10. The molecule has 26 heavy (non-hydrogen) atoms. The Hall–Kier alpha value is -2.70. The fourth-order valence-electron chi connectivity index (χ4n) is 2.65. The van der Waals surface area contributed by atoms with Gasteiger partial charge in [0.2, 0.25) is 0 Å². The molecule has 5 nitrogen and oxygen atoms in total. The van der Waals surface area contributed by atoms with Crippen LogP contribution in [0.4, 0.5) is 0 Å². The van der Waals surface area contributed by atoms with Gasteiger partial charge >= 0.3 is 0 Å². The first-order valence-corrected chi connectivity index (χ1v) is 9.33. The first-order valence-electron chi connectivity index (χ1n) is 8.07. The minimum atomic E-state index is -0.258. The second-order valence-corrected chi connectivity index (χ2v) is 7.18. The maximum Gasteiger partial charge on any atom is 0.271 e. The number of aromatic amines is 1. The summed E-state index contributed by atoms with van der Waals surface area (Å²) in [6.07, 6.45) is 0. The van der Waals surface area contributed by atoms with E-state index in [1.165, 1.54) is 11.3 Å². The maximum atomic E-state index is 12.5. The van der Waals surface area contributed by atoms with Gasteiger partial charge in [-0.1, -0.05) is 35.9 Å². The zero-order valence-corrected chi connectivity index (χ0v) is 15.4. The van der Waals surface area contributed by atoms with E-state index in [0.717, 1.165) is 21.6 Å². The number of rotatable bonds is 4. The van der Waals surface area contributed by atoms with Crippen molar-refractivity contribution in [1.29, 1.82) is 0 Å². The molecule has 0 fully saturated rings. The van der Waals surface area contributed by atoms with Crippen LogP contribution in [0.1, 0.15) is 29.3 Å². The smallest absolute Gasteiger partial charge is 0.271 e. The molecule has 0 radical (unpaired) electrons. The Bertz CT molecular complexity index is 1050. The van der Waals surface area contributed by atoms with Crippen LogP contribution >= 0.6 is 22.9 Å². The van der Waals surface area contributed by atoms with Gasteiger partial charge < -0.3 is 10.3 Å². The zero-order chi connectivity index (χ0) is 18.1. The first-order chi connectivity index (χ1) is 12.6. The Balaban J connectivity index is 1.51. The number of nitrogens with one attached hydrogen (secondary N) is 2. The largest absolute Gasteiger partial charge is 0.341 e. The lowest BCUT2D eigenvalue weighted by Crippen LogP contribution is -2.27. The van der Waals surface area contributed by atoms with Gasteiger partial charge in [0.15, 0.2) is 0 Å². The fraction of sp³-hybridized carbons (Fsp3) is 0.105. The van der Waals surface area contributed by atoms with E-state index in [9.17, 15) is 4.79 Å². The Morgan fingerprint density at radius 1 is 1.19 bits per heavy atom. The Kier molecular flexibility index (Phi) is 4.44. The highest BCUT2D eigenvalue weighted by atomic mass is 35.5. The monoisotopic (exact) mass is 382 g/mol. The first kappa shape index (κ1) is 16.8. The molecule has 2 aromatic heterocycles. The lowest BCUT2D eigenvalue weighted by Gasteiger charge is -2.09. The van der Waals surface area contributed by atoms with E-state index in [2.05, 4.69) is 20.3 Å². The van der Waals surface area contributed by atoms with Crippen LogP contribution in [0.3, 0.4) is 0 Å². The number of carbonyl (C=O) groups excluding carboxylic acids is 1. The number of benzene rings is 2. The number of carbonyl (C=O) groups is 1. The highest BCUT2D eigenvalue weighted by Crippen LogP contribution is 2.26. The van der Waals surface area contributed by atoms with Crippen LogP contribution in [0.25, 0.3) is 21.6 Å². The van der Waals surface area contributed by atoms with E-state index in [0.29, 0.717) is 16.5 Å². The van der Waals surface area contributed by atoms with Crippen molar-refractivity contribution in [1.82, 2.24) is 20.3 Å². The summed E-state index contributed by atoms with van der Waals surface area (Å²) in [7, 11) is 0. The molecule has 130 valence electrons. The van der Waals surface area contributed by atoms with E-state index >= 15 is 0 Å². The molecule has 1 amide bonds. The molecule has 2 aromatic carbocycles. The molecule has 2 N–H and O–H groups in total. The lowest BCUT2D eigenvalue weighted by molar-refractivity contribution is 0.0934. The number of hydrogen-bond donors (Lipinski definition) is 2. The van der Waals surface area contributed by atoms with Gasteiger partial charge in [-0.25, -0.2) is 9.97 Å². The molecule has 4 rings (SSSR count). The van der Waals surface area contributed by atoms with Crippen molar-refractivity contribution < 1.29 is 4.79 Å². The summed E-state index contributed by atoms with van der Waals surface area (Å²) >= 11 is 7.43. The molecule has 7 heteroatoms. The van der Waals surface area contributed by atoms with Crippen LogP contribution in [-0.2, 0) is 0 Å². The molecular formula is C19H15ClN4OS. The van der Waals surface area contributed by atoms with Gasteiger partial charge in [-0.15, -0.1) is 11.3 Å². The topological polar surface area (TPSA) is 70.7 Å². The highest BCUT2D eigenvalue weighted by Gasteiger charge is 2.17. The standard InChI is InChI=1S/C19H15ClN4OS/c1-11(17-22-14-7-2-3-8-15(14)23-17)21-18(25)16-10-26-19(24-16)12-5-4-6-13(20)9-12/h2-11H,1H3,(H,21,25)(H,22,23). The van der Waals surface area contributed by atoms with Crippen LogP contribution in [-0.4, -0.2) is 20.9 Å². The zero-order valence-electron chi connectivity index (χ0n) is 13.9. The molecule has 0 saturated heterocycles. The van der Waals surface area contributed by atoms with Gasteiger partial charge in [-0.2, -0.15) is 0 Å². The number of imidazole rings is 1. The quantitative estimate of drug-likeness (QED) is 0.531. The van der Waals surface area contributed by atoms with Crippen molar-refractivity contribution in [2.45, 2.75) is 13.0 Å². The number of fused-ring (bicyclic) bond motifs is 1. The summed E-state index contributed by atoms with van der Waals surface area (Å²) in [5.74, 6) is 0.479. The predicted molar refractivity (Wildman–Crippen MR) is 105 cm³/mol. The van der Waals surface area contributed by atoms with Gasteiger partial charge in [0.05, 0.1) is 17.1 Å². The van der Waals surface area contributed by atoms with Crippen molar-refractivity contribution in [3.05, 3.63) is 70.5 Å². The molecule has 0 aliphatic rings. The maximum absolute atomic E-state index is 12.5. The number of aromatic nitrogens is 3. The van der Waals surface area contributed by atoms with Crippen molar-refractivity contribution in [3.8, 4) is 10.6 Å². The fourth-order valence-corrected chi connectivity index (χ4v) is 3.64. The van der Waals surface area contributed by atoms with Crippen molar-refractivity contribution in [3.63, 3.8) is 0 Å². The van der Waals surface area contributed by atoms with E-state index in [-0.39, 0.29) is 11.9 Å². The second kappa shape index (κ2) is 6.90. The molecule has 0 aliphatic carbocycles. The summed E-state index contributed by atoms with van der Waals surface area (Å²) in [4.78, 5) is 24.7. The number of para-hydroxylation sites is 2. The van der Waals surface area contributed by atoms with E-state index < -0.39 is 0 Å². The summed E-state index contributed by atoms with van der Waals surface area (Å²) in [6.45, 7) is 1.89. The SMILES string of the molecule is CC(NC(=O)c1csc(-c2cccc(Cl)c2)n1)c1nc2ccccc2[nH]1. The van der Waals surface area contributed by atoms with Crippen LogP contribution in [0.15, 0.2) is 53.9 Å². The minimum absolute atomic E-state index is 0.234. The molecule has 2 heterocycles. The van der Waals surface area contributed by atoms with Gasteiger partial charge in [0.25, 0.3) is 5.91 Å². The summed E-state index contributed by atoms with van der Waals surface area (Å²) < 4.78 is 0. The average Bonchev–Trinajstić information content (AvgIpc) is 3.29. The summed E-state index contributed by atoms with van der Waals surface area (Å²) in [6, 6.07) is 14.9. The van der Waals surface area contributed by atoms with E-state index in [4.69, 9.17) is 11.6 Å². The number of H-pyrrole nitrogens is 1. The predicted octanol–water partition coefficient (Wildman–Crippen LogP) is 4.83. The molecule has 4 aromatic rings. The van der Waals surface area contributed by atoms with E-state index in [1.54, 1.807) is 11.4 Å². The van der Waals surface area contributed by atoms with Crippen LogP contribution in [0, 0.1) is 0 Å². The van der Waals surface area contributed by atoms with Gasteiger partial charge in [-0.05, 0) is 31.2 Å². The molecule has 0 aliphatic heterocycles. The van der Waals surface area contributed by atoms with Crippen molar-refractivity contribution >= 4 is 39.9 Å². The normalized spacial score (nSPS) is 12.2. The third-order valence-electron chi connectivity index (χ3n) is 3.97. The highest BCUT2D eigenvalue weighted by molar-refractivity contribution is 7.13. The minimum Gasteiger partial charge on any atom is -0.341 e. The second-order valence-electron chi connectivity index (χ2n) is 5.88. The molecule has 1 atom stereocenters. The van der Waals surface area contributed by atoms with Gasteiger partial charge in [0, 0.05) is 16.0 Å². The molecule has 0 spiro atoms. The Labute approximate surface area is 159 Å².